The van der Waals surface area contributed by atoms with E-state index in [1.54, 1.807) is 18.3 Å². The van der Waals surface area contributed by atoms with Crippen LogP contribution in [0, 0.1) is 0 Å². The van der Waals surface area contributed by atoms with Crippen LogP contribution in [0.5, 0.6) is 0 Å². The molecule has 2 rings (SSSR count). The number of hydrogen-bond acceptors (Lipinski definition) is 3. The summed E-state index contributed by atoms with van der Waals surface area (Å²) in [6.45, 7) is 4.45. The van der Waals surface area contributed by atoms with E-state index in [4.69, 9.17) is 0 Å². The zero-order chi connectivity index (χ0) is 13.0. The number of carbonyl (C=O) groups excluding carboxylic acids is 1. The minimum Gasteiger partial charge on any atom is -0.336 e. The van der Waals surface area contributed by atoms with Crippen LogP contribution in [0.1, 0.15) is 30.1 Å². The van der Waals surface area contributed by atoms with Gasteiger partial charge in [0.15, 0.2) is 0 Å². The predicted molar refractivity (Wildman–Crippen MR) is 69.7 cm³/mol. The number of H-pyrrole nitrogens is 1. The molecule has 0 spiro atoms. The topological polar surface area (TPSA) is 65.2 Å². The number of nitrogens with zero attached hydrogens (tertiary/aromatic N) is 1. The van der Waals surface area contributed by atoms with Gasteiger partial charge in [0.25, 0.3) is 11.5 Å². The first kappa shape index (κ1) is 12.8. The van der Waals surface area contributed by atoms with Crippen molar-refractivity contribution in [3.8, 4) is 0 Å². The molecule has 0 saturated carbocycles. The average Bonchev–Trinajstić information content (AvgIpc) is 2.41. The Balaban J connectivity index is 2.19. The van der Waals surface area contributed by atoms with E-state index in [1.165, 1.54) is 0 Å². The van der Waals surface area contributed by atoms with E-state index in [0.29, 0.717) is 6.54 Å². The van der Waals surface area contributed by atoms with Crippen LogP contribution in [0.2, 0.25) is 0 Å². The van der Waals surface area contributed by atoms with E-state index in [1.807, 2.05) is 11.8 Å². The van der Waals surface area contributed by atoms with Crippen molar-refractivity contribution >= 4 is 5.91 Å². The molecular weight excluding hydrogens is 230 g/mol. The Morgan fingerprint density at radius 2 is 2.17 bits per heavy atom. The largest absolute Gasteiger partial charge is 0.336 e. The molecule has 0 unspecified atom stereocenters. The van der Waals surface area contributed by atoms with Gasteiger partial charge in [-0.3, -0.25) is 9.59 Å². The smallest absolute Gasteiger partial charge is 0.260 e. The van der Waals surface area contributed by atoms with E-state index in [0.717, 1.165) is 25.9 Å². The zero-order valence-corrected chi connectivity index (χ0v) is 10.6. The van der Waals surface area contributed by atoms with Crippen molar-refractivity contribution in [1.29, 1.82) is 0 Å². The van der Waals surface area contributed by atoms with Crippen molar-refractivity contribution in [2.75, 3.05) is 19.6 Å². The molecule has 1 amide bonds. The van der Waals surface area contributed by atoms with Crippen molar-refractivity contribution in [2.24, 2.45) is 0 Å². The molecule has 1 aliphatic rings. The molecule has 18 heavy (non-hydrogen) atoms. The number of aromatic nitrogens is 1. The molecular formula is C13H19N3O2. The highest BCUT2D eigenvalue weighted by molar-refractivity contribution is 5.94. The van der Waals surface area contributed by atoms with Gasteiger partial charge in [0, 0.05) is 18.8 Å². The minimum absolute atomic E-state index is 0.161. The summed E-state index contributed by atoms with van der Waals surface area (Å²) in [4.78, 5) is 28.4. The molecule has 1 aliphatic heterocycles. The number of nitrogens with one attached hydrogen (secondary N) is 2. The summed E-state index contributed by atoms with van der Waals surface area (Å²) >= 11 is 0. The molecule has 2 N–H and O–H groups in total. The summed E-state index contributed by atoms with van der Waals surface area (Å²) in [6.07, 6.45) is 3.44. The summed E-state index contributed by atoms with van der Waals surface area (Å²) in [7, 11) is 0. The molecule has 0 radical (unpaired) electrons. The molecule has 98 valence electrons. The second-order valence-corrected chi connectivity index (χ2v) is 4.49. The van der Waals surface area contributed by atoms with Gasteiger partial charge in [-0.05, 0) is 45.0 Å². The summed E-state index contributed by atoms with van der Waals surface area (Å²) in [6, 6.07) is 3.51. The molecule has 2 heterocycles. The third-order valence-corrected chi connectivity index (χ3v) is 3.40. The third-order valence-electron chi connectivity index (χ3n) is 3.40. The van der Waals surface area contributed by atoms with Crippen LogP contribution in [0.15, 0.2) is 23.1 Å². The lowest BCUT2D eigenvalue weighted by Crippen LogP contribution is -2.47. The molecule has 1 saturated heterocycles. The van der Waals surface area contributed by atoms with E-state index < -0.39 is 0 Å². The second-order valence-electron chi connectivity index (χ2n) is 4.49. The first-order valence-corrected chi connectivity index (χ1v) is 6.43. The SMILES string of the molecule is CCN(C(=O)c1ccc[nH]c1=O)C1CCNCC1. The molecule has 0 aliphatic carbocycles. The number of pyridine rings is 1. The number of piperidine rings is 1. The van der Waals surface area contributed by atoms with E-state index in [-0.39, 0.29) is 23.1 Å². The van der Waals surface area contributed by atoms with Crippen LogP contribution < -0.4 is 10.9 Å². The van der Waals surface area contributed by atoms with Gasteiger partial charge in [-0.2, -0.15) is 0 Å². The molecule has 1 fully saturated rings. The molecule has 0 bridgehead atoms. The van der Waals surface area contributed by atoms with Crippen LogP contribution in [0.25, 0.3) is 0 Å². The van der Waals surface area contributed by atoms with Gasteiger partial charge in [-0.25, -0.2) is 0 Å². The molecule has 1 aromatic rings. The van der Waals surface area contributed by atoms with E-state index in [9.17, 15) is 9.59 Å². The Morgan fingerprint density at radius 1 is 1.44 bits per heavy atom. The minimum atomic E-state index is -0.310. The molecule has 5 nitrogen and oxygen atoms in total. The fourth-order valence-electron chi connectivity index (χ4n) is 2.43. The highest BCUT2D eigenvalue weighted by Crippen LogP contribution is 2.13. The lowest BCUT2D eigenvalue weighted by Gasteiger charge is -2.33. The Morgan fingerprint density at radius 3 is 2.78 bits per heavy atom. The Hall–Kier alpha value is -1.62. The highest BCUT2D eigenvalue weighted by atomic mass is 16.2. The summed E-state index contributed by atoms with van der Waals surface area (Å²) in [5, 5.41) is 3.28. The zero-order valence-electron chi connectivity index (χ0n) is 10.6. The van der Waals surface area contributed by atoms with Gasteiger partial charge in [0.05, 0.1) is 0 Å². The Bertz CT molecular complexity index is 463. The lowest BCUT2D eigenvalue weighted by molar-refractivity contribution is 0.0654. The maximum absolute atomic E-state index is 12.4. The Labute approximate surface area is 106 Å². The fourth-order valence-corrected chi connectivity index (χ4v) is 2.43. The second kappa shape index (κ2) is 5.82. The number of amides is 1. The molecule has 1 aromatic heterocycles. The molecule has 5 heteroatoms. The third kappa shape index (κ3) is 2.61. The molecule has 0 atom stereocenters. The van der Waals surface area contributed by atoms with Crippen LogP contribution in [0.3, 0.4) is 0 Å². The van der Waals surface area contributed by atoms with Crippen LogP contribution in [-0.4, -0.2) is 41.5 Å². The first-order chi connectivity index (χ1) is 8.74. The van der Waals surface area contributed by atoms with Gasteiger partial charge in [-0.15, -0.1) is 0 Å². The fraction of sp³-hybridized carbons (Fsp3) is 0.538. The Kier molecular flexibility index (Phi) is 4.15. The van der Waals surface area contributed by atoms with Crippen molar-refractivity contribution in [3.05, 3.63) is 34.2 Å². The standard InChI is InChI=1S/C13H19N3O2/c1-2-16(10-5-8-14-9-6-10)13(18)11-4-3-7-15-12(11)17/h3-4,7,10,14H,2,5-6,8-9H2,1H3,(H,15,17). The van der Waals surface area contributed by atoms with E-state index in [2.05, 4.69) is 10.3 Å². The van der Waals surface area contributed by atoms with Crippen LogP contribution in [0.4, 0.5) is 0 Å². The predicted octanol–water partition coefficient (Wildman–Crippen LogP) is 0.589. The quantitative estimate of drug-likeness (QED) is 0.824. The summed E-state index contributed by atoms with van der Waals surface area (Å²) in [5.41, 5.74) is -0.0761. The van der Waals surface area contributed by atoms with Crippen molar-refractivity contribution in [2.45, 2.75) is 25.8 Å². The van der Waals surface area contributed by atoms with Gasteiger partial charge < -0.3 is 15.2 Å². The average molecular weight is 249 g/mol. The monoisotopic (exact) mass is 249 g/mol. The van der Waals surface area contributed by atoms with Crippen molar-refractivity contribution in [3.63, 3.8) is 0 Å². The van der Waals surface area contributed by atoms with E-state index >= 15 is 0 Å². The van der Waals surface area contributed by atoms with Gasteiger partial charge in [0.2, 0.25) is 0 Å². The van der Waals surface area contributed by atoms with Crippen molar-refractivity contribution < 1.29 is 4.79 Å². The van der Waals surface area contributed by atoms with Crippen LogP contribution in [-0.2, 0) is 0 Å². The van der Waals surface area contributed by atoms with Gasteiger partial charge >= 0.3 is 0 Å². The van der Waals surface area contributed by atoms with Crippen molar-refractivity contribution in [1.82, 2.24) is 15.2 Å². The first-order valence-electron chi connectivity index (χ1n) is 6.43. The summed E-state index contributed by atoms with van der Waals surface area (Å²) in [5.74, 6) is -0.161. The summed E-state index contributed by atoms with van der Waals surface area (Å²) < 4.78 is 0. The highest BCUT2D eigenvalue weighted by Gasteiger charge is 2.25. The molecule has 0 aromatic carbocycles. The number of rotatable bonds is 3. The van der Waals surface area contributed by atoms with Gasteiger partial charge in [-0.1, -0.05) is 0 Å². The normalized spacial score (nSPS) is 16.5. The van der Waals surface area contributed by atoms with Crippen LogP contribution >= 0.6 is 0 Å². The maximum Gasteiger partial charge on any atom is 0.260 e. The van der Waals surface area contributed by atoms with Gasteiger partial charge in [0.1, 0.15) is 5.56 Å². The number of aromatic amines is 1. The number of carbonyl (C=O) groups is 1. The lowest BCUT2D eigenvalue weighted by atomic mass is 10.0. The number of hydrogen-bond donors (Lipinski definition) is 2. The maximum atomic E-state index is 12.4.